The first-order valence-electron chi connectivity index (χ1n) is 7.86. The van der Waals surface area contributed by atoms with E-state index in [1.54, 1.807) is 7.11 Å². The van der Waals surface area contributed by atoms with E-state index in [1.165, 1.54) is 11.1 Å². The van der Waals surface area contributed by atoms with Crippen molar-refractivity contribution in [1.29, 1.82) is 0 Å². The van der Waals surface area contributed by atoms with Crippen molar-refractivity contribution >= 4 is 0 Å². The van der Waals surface area contributed by atoms with Gasteiger partial charge in [0.15, 0.2) is 0 Å². The Morgan fingerprint density at radius 2 is 1.76 bits per heavy atom. The summed E-state index contributed by atoms with van der Waals surface area (Å²) in [6.45, 7) is 12.8. The largest absolute Gasteiger partial charge is 0.383 e. The minimum atomic E-state index is 0.221. The summed E-state index contributed by atoms with van der Waals surface area (Å²) in [5.41, 5.74) is 2.96. The first kappa shape index (κ1) is 18.1. The molecule has 21 heavy (non-hydrogen) atoms. The van der Waals surface area contributed by atoms with Gasteiger partial charge in [0, 0.05) is 32.8 Å². The molecule has 1 atom stereocenters. The maximum absolute atomic E-state index is 5.09. The van der Waals surface area contributed by atoms with Gasteiger partial charge in [0.1, 0.15) is 0 Å². The van der Waals surface area contributed by atoms with Gasteiger partial charge in [0.25, 0.3) is 0 Å². The molecule has 0 aliphatic rings. The Balaban J connectivity index is 2.40. The Morgan fingerprint density at radius 3 is 2.29 bits per heavy atom. The third-order valence-corrected chi connectivity index (χ3v) is 3.90. The van der Waals surface area contributed by atoms with E-state index < -0.39 is 0 Å². The zero-order valence-corrected chi connectivity index (χ0v) is 14.6. The minimum Gasteiger partial charge on any atom is -0.383 e. The van der Waals surface area contributed by atoms with Crippen molar-refractivity contribution in [2.45, 2.75) is 39.2 Å². The van der Waals surface area contributed by atoms with Crippen LogP contribution in [0.25, 0.3) is 0 Å². The zero-order valence-electron chi connectivity index (χ0n) is 14.6. The van der Waals surface area contributed by atoms with Gasteiger partial charge in [-0.05, 0) is 30.5 Å². The topological polar surface area (TPSA) is 24.5 Å². The number of benzene rings is 1. The molecule has 120 valence electrons. The molecule has 1 aromatic rings. The molecule has 1 rings (SSSR count). The van der Waals surface area contributed by atoms with E-state index in [2.05, 4.69) is 69.2 Å². The quantitative estimate of drug-likeness (QED) is 0.796. The molecule has 0 aliphatic carbocycles. The number of nitrogens with one attached hydrogen (secondary N) is 1. The average molecular weight is 292 g/mol. The molecule has 3 nitrogen and oxygen atoms in total. The highest BCUT2D eigenvalue weighted by atomic mass is 16.5. The summed E-state index contributed by atoms with van der Waals surface area (Å²) in [6.07, 6.45) is 0. The molecule has 0 saturated carbocycles. The van der Waals surface area contributed by atoms with E-state index in [9.17, 15) is 0 Å². The Bertz CT molecular complexity index is 395. The Hall–Kier alpha value is -0.900. The molecular weight excluding hydrogens is 260 g/mol. The lowest BCUT2D eigenvalue weighted by Gasteiger charge is -2.22. The summed E-state index contributed by atoms with van der Waals surface area (Å²) >= 11 is 0. The fraction of sp³-hybridized carbons (Fsp3) is 0.667. The van der Waals surface area contributed by atoms with Gasteiger partial charge in [-0.1, -0.05) is 45.0 Å². The summed E-state index contributed by atoms with van der Waals surface area (Å²) in [4.78, 5) is 2.28. The summed E-state index contributed by atoms with van der Waals surface area (Å²) < 4.78 is 5.09. The molecule has 0 fully saturated rings. The van der Waals surface area contributed by atoms with Crippen molar-refractivity contribution in [1.82, 2.24) is 10.2 Å². The monoisotopic (exact) mass is 292 g/mol. The van der Waals surface area contributed by atoms with Crippen LogP contribution in [0.3, 0.4) is 0 Å². The van der Waals surface area contributed by atoms with Gasteiger partial charge in [-0.25, -0.2) is 0 Å². The van der Waals surface area contributed by atoms with Gasteiger partial charge in [-0.2, -0.15) is 0 Å². The molecule has 3 heteroatoms. The van der Waals surface area contributed by atoms with Crippen molar-refractivity contribution in [3.63, 3.8) is 0 Å². The van der Waals surface area contributed by atoms with Crippen LogP contribution in [0.5, 0.6) is 0 Å². The van der Waals surface area contributed by atoms with Crippen LogP contribution in [-0.4, -0.2) is 45.3 Å². The highest BCUT2D eigenvalue weighted by Gasteiger charge is 2.13. The smallest absolute Gasteiger partial charge is 0.0589 e. The highest BCUT2D eigenvalue weighted by molar-refractivity contribution is 5.28. The standard InChI is InChI=1S/C18H32N2O/c1-15(19-11-12-20(5)13-14-21-6)16-7-9-17(10-8-16)18(2,3)4/h7-10,15,19H,11-14H2,1-6H3. The lowest BCUT2D eigenvalue weighted by molar-refractivity contribution is 0.161. The SMILES string of the molecule is COCCN(C)CCNC(C)c1ccc(C(C)(C)C)cc1. The second-order valence-corrected chi connectivity index (χ2v) is 6.84. The number of ether oxygens (including phenoxy) is 1. The number of likely N-dealkylation sites (N-methyl/N-ethyl adjacent to an activating group) is 1. The fourth-order valence-electron chi connectivity index (χ4n) is 2.22. The Kier molecular flexibility index (Phi) is 7.36. The lowest BCUT2D eigenvalue weighted by atomic mass is 9.86. The third kappa shape index (κ3) is 6.60. The van der Waals surface area contributed by atoms with Gasteiger partial charge < -0.3 is 15.0 Å². The number of rotatable bonds is 8. The van der Waals surface area contributed by atoms with Crippen LogP contribution in [-0.2, 0) is 10.2 Å². The van der Waals surface area contributed by atoms with Crippen LogP contribution in [0.15, 0.2) is 24.3 Å². The maximum atomic E-state index is 5.09. The van der Waals surface area contributed by atoms with E-state index in [1.807, 2.05) is 0 Å². The molecule has 1 aromatic carbocycles. The number of nitrogens with zero attached hydrogens (tertiary/aromatic N) is 1. The molecule has 1 N–H and O–H groups in total. The summed E-state index contributed by atoms with van der Waals surface area (Å²) in [5, 5.41) is 3.58. The van der Waals surface area contributed by atoms with Crippen molar-refractivity contribution in [3.05, 3.63) is 35.4 Å². The van der Waals surface area contributed by atoms with Gasteiger partial charge in [-0.3, -0.25) is 0 Å². The maximum Gasteiger partial charge on any atom is 0.0589 e. The molecule has 0 amide bonds. The molecule has 0 saturated heterocycles. The van der Waals surface area contributed by atoms with Crippen molar-refractivity contribution in [2.24, 2.45) is 0 Å². The van der Waals surface area contributed by atoms with Crippen LogP contribution in [0, 0.1) is 0 Å². The van der Waals surface area contributed by atoms with Crippen LogP contribution in [0.4, 0.5) is 0 Å². The third-order valence-electron chi connectivity index (χ3n) is 3.90. The van der Waals surface area contributed by atoms with E-state index in [0.29, 0.717) is 6.04 Å². The molecule has 0 heterocycles. The summed E-state index contributed by atoms with van der Waals surface area (Å²) in [6, 6.07) is 9.37. The molecule has 0 bridgehead atoms. The number of methoxy groups -OCH3 is 1. The normalized spacial score (nSPS) is 13.7. The number of hydrogen-bond acceptors (Lipinski definition) is 3. The van der Waals surface area contributed by atoms with E-state index in [4.69, 9.17) is 4.74 Å². The van der Waals surface area contributed by atoms with E-state index in [0.717, 1.165) is 26.2 Å². The summed E-state index contributed by atoms with van der Waals surface area (Å²) in [5.74, 6) is 0. The Labute approximate surface area is 130 Å². The minimum absolute atomic E-state index is 0.221. The number of hydrogen-bond donors (Lipinski definition) is 1. The predicted molar refractivity (Wildman–Crippen MR) is 90.9 cm³/mol. The van der Waals surface area contributed by atoms with E-state index in [-0.39, 0.29) is 5.41 Å². The van der Waals surface area contributed by atoms with Gasteiger partial charge in [-0.15, -0.1) is 0 Å². The molecule has 0 aliphatic heterocycles. The van der Waals surface area contributed by atoms with Gasteiger partial charge >= 0.3 is 0 Å². The zero-order chi connectivity index (χ0) is 15.9. The van der Waals surface area contributed by atoms with Gasteiger partial charge in [0.2, 0.25) is 0 Å². The highest BCUT2D eigenvalue weighted by Crippen LogP contribution is 2.23. The van der Waals surface area contributed by atoms with Crippen molar-refractivity contribution in [2.75, 3.05) is 40.4 Å². The van der Waals surface area contributed by atoms with Crippen LogP contribution >= 0.6 is 0 Å². The first-order valence-corrected chi connectivity index (χ1v) is 7.86. The Morgan fingerprint density at radius 1 is 1.14 bits per heavy atom. The lowest BCUT2D eigenvalue weighted by Crippen LogP contribution is -2.32. The van der Waals surface area contributed by atoms with Crippen molar-refractivity contribution in [3.8, 4) is 0 Å². The molecule has 1 unspecified atom stereocenters. The predicted octanol–water partition coefficient (Wildman–Crippen LogP) is 3.21. The molecular formula is C18H32N2O. The van der Waals surface area contributed by atoms with E-state index >= 15 is 0 Å². The fourth-order valence-corrected chi connectivity index (χ4v) is 2.22. The second kappa shape index (κ2) is 8.52. The molecule has 0 spiro atoms. The molecule has 0 aromatic heterocycles. The molecule has 0 radical (unpaired) electrons. The summed E-state index contributed by atoms with van der Waals surface area (Å²) in [7, 11) is 3.87. The van der Waals surface area contributed by atoms with Crippen molar-refractivity contribution < 1.29 is 4.74 Å². The van der Waals surface area contributed by atoms with Crippen LogP contribution in [0.1, 0.15) is 44.9 Å². The van der Waals surface area contributed by atoms with Crippen LogP contribution in [0.2, 0.25) is 0 Å². The average Bonchev–Trinajstić information content (AvgIpc) is 2.44. The first-order chi connectivity index (χ1) is 9.84. The second-order valence-electron chi connectivity index (χ2n) is 6.84. The van der Waals surface area contributed by atoms with Gasteiger partial charge in [0.05, 0.1) is 6.61 Å². The van der Waals surface area contributed by atoms with Crippen LogP contribution < -0.4 is 5.32 Å².